The summed E-state index contributed by atoms with van der Waals surface area (Å²) in [6, 6.07) is 0. The molecule has 1 fully saturated rings. The molecule has 0 saturated heterocycles. The van der Waals surface area contributed by atoms with Gasteiger partial charge >= 0.3 is 0 Å². The van der Waals surface area contributed by atoms with E-state index in [1.165, 1.54) is 0 Å². The summed E-state index contributed by atoms with van der Waals surface area (Å²) in [5, 5.41) is 2.17. The third kappa shape index (κ3) is 1.91. The zero-order valence-electron chi connectivity index (χ0n) is 6.65. The molecule has 5 heteroatoms. The van der Waals surface area contributed by atoms with Gasteiger partial charge in [-0.25, -0.2) is 8.78 Å². The van der Waals surface area contributed by atoms with Crippen LogP contribution in [0.2, 0.25) is 0 Å². The summed E-state index contributed by atoms with van der Waals surface area (Å²) in [4.78, 5) is 11.1. The Hall–Kier alpha value is -0.710. The first-order chi connectivity index (χ1) is 5.60. The fourth-order valence-corrected chi connectivity index (χ4v) is 1.03. The summed E-state index contributed by atoms with van der Waals surface area (Å²) < 4.78 is 23.3. The SMILES string of the molecule is NCC1(C(=O)NCC(F)F)CC1. The van der Waals surface area contributed by atoms with Crippen molar-refractivity contribution in [3.8, 4) is 0 Å². The second kappa shape index (κ2) is 3.35. The minimum atomic E-state index is -2.48. The molecule has 0 radical (unpaired) electrons. The van der Waals surface area contributed by atoms with Crippen LogP contribution in [0.25, 0.3) is 0 Å². The lowest BCUT2D eigenvalue weighted by Gasteiger charge is -2.11. The molecular weight excluding hydrogens is 166 g/mol. The zero-order valence-corrected chi connectivity index (χ0v) is 6.65. The van der Waals surface area contributed by atoms with Crippen molar-refractivity contribution in [3.63, 3.8) is 0 Å². The molecule has 0 aliphatic heterocycles. The Morgan fingerprint density at radius 2 is 2.17 bits per heavy atom. The van der Waals surface area contributed by atoms with Crippen molar-refractivity contribution in [3.05, 3.63) is 0 Å². The summed E-state index contributed by atoms with van der Waals surface area (Å²) >= 11 is 0. The Morgan fingerprint density at radius 1 is 1.58 bits per heavy atom. The number of nitrogens with two attached hydrogens (primary N) is 1. The molecule has 1 rings (SSSR count). The Bertz CT molecular complexity index is 180. The fraction of sp³-hybridized carbons (Fsp3) is 0.857. The van der Waals surface area contributed by atoms with Crippen LogP contribution in [-0.4, -0.2) is 25.4 Å². The average molecular weight is 178 g/mol. The van der Waals surface area contributed by atoms with E-state index in [4.69, 9.17) is 5.73 Å². The van der Waals surface area contributed by atoms with Crippen LogP contribution in [0.4, 0.5) is 8.78 Å². The summed E-state index contributed by atoms with van der Waals surface area (Å²) in [6.45, 7) is -0.317. The van der Waals surface area contributed by atoms with Crippen molar-refractivity contribution in [2.24, 2.45) is 11.1 Å². The molecule has 0 aromatic heterocycles. The van der Waals surface area contributed by atoms with Gasteiger partial charge in [0.05, 0.1) is 12.0 Å². The van der Waals surface area contributed by atoms with Crippen molar-refractivity contribution < 1.29 is 13.6 Å². The molecule has 12 heavy (non-hydrogen) atoms. The van der Waals surface area contributed by atoms with Crippen molar-refractivity contribution in [1.82, 2.24) is 5.32 Å². The van der Waals surface area contributed by atoms with Crippen LogP contribution in [0.5, 0.6) is 0 Å². The number of hydrogen-bond donors (Lipinski definition) is 2. The molecular formula is C7H12F2N2O. The molecule has 0 bridgehead atoms. The van der Waals surface area contributed by atoms with E-state index in [9.17, 15) is 13.6 Å². The minimum absolute atomic E-state index is 0.252. The third-order valence-corrected chi connectivity index (χ3v) is 2.14. The molecule has 1 aliphatic rings. The van der Waals surface area contributed by atoms with Gasteiger partial charge in [0.25, 0.3) is 6.43 Å². The monoisotopic (exact) mass is 178 g/mol. The highest BCUT2D eigenvalue weighted by atomic mass is 19.3. The number of amides is 1. The molecule has 0 aromatic carbocycles. The lowest BCUT2D eigenvalue weighted by Crippen LogP contribution is -2.38. The van der Waals surface area contributed by atoms with Crippen LogP contribution in [0, 0.1) is 5.41 Å². The molecule has 1 saturated carbocycles. The second-order valence-corrected chi connectivity index (χ2v) is 3.09. The first-order valence-electron chi connectivity index (χ1n) is 3.87. The van der Waals surface area contributed by atoms with E-state index in [0.29, 0.717) is 0 Å². The van der Waals surface area contributed by atoms with Gasteiger partial charge in [-0.1, -0.05) is 0 Å². The first-order valence-corrected chi connectivity index (χ1v) is 3.87. The van der Waals surface area contributed by atoms with Gasteiger partial charge in [-0.05, 0) is 12.8 Å². The molecule has 0 unspecified atom stereocenters. The average Bonchev–Trinajstić information content (AvgIpc) is 2.80. The molecule has 70 valence electrons. The molecule has 0 heterocycles. The summed E-state index contributed by atoms with van der Waals surface area (Å²) in [5.74, 6) is -0.328. The highest BCUT2D eigenvalue weighted by Gasteiger charge is 2.48. The van der Waals surface area contributed by atoms with E-state index in [1.807, 2.05) is 0 Å². The summed E-state index contributed by atoms with van der Waals surface area (Å²) in [6.07, 6.45) is -1.04. The number of carbonyl (C=O) groups is 1. The van der Waals surface area contributed by atoms with E-state index in [-0.39, 0.29) is 12.5 Å². The molecule has 0 atom stereocenters. The van der Waals surface area contributed by atoms with Crippen molar-refractivity contribution in [2.75, 3.05) is 13.1 Å². The van der Waals surface area contributed by atoms with Gasteiger partial charge in [-0.15, -0.1) is 0 Å². The molecule has 0 aromatic rings. The van der Waals surface area contributed by atoms with Gasteiger partial charge in [0.1, 0.15) is 0 Å². The molecule has 1 amide bonds. The van der Waals surface area contributed by atoms with Crippen LogP contribution in [0.3, 0.4) is 0 Å². The number of hydrogen-bond acceptors (Lipinski definition) is 2. The molecule has 3 nitrogen and oxygen atoms in total. The number of alkyl halides is 2. The largest absolute Gasteiger partial charge is 0.350 e. The highest BCUT2D eigenvalue weighted by molar-refractivity contribution is 5.85. The lowest BCUT2D eigenvalue weighted by molar-refractivity contribution is -0.126. The van der Waals surface area contributed by atoms with Crippen molar-refractivity contribution >= 4 is 5.91 Å². The molecule has 1 aliphatic carbocycles. The van der Waals surface area contributed by atoms with Crippen LogP contribution in [0.15, 0.2) is 0 Å². The lowest BCUT2D eigenvalue weighted by atomic mass is 10.1. The van der Waals surface area contributed by atoms with E-state index < -0.39 is 18.4 Å². The number of rotatable bonds is 4. The van der Waals surface area contributed by atoms with Gasteiger partial charge in [-0.2, -0.15) is 0 Å². The van der Waals surface area contributed by atoms with E-state index in [0.717, 1.165) is 12.8 Å². The van der Waals surface area contributed by atoms with Crippen molar-refractivity contribution in [1.29, 1.82) is 0 Å². The van der Waals surface area contributed by atoms with Gasteiger partial charge in [0.15, 0.2) is 0 Å². The zero-order chi connectivity index (χ0) is 9.19. The standard InChI is InChI=1S/C7H12F2N2O/c8-5(9)3-11-6(12)7(4-10)1-2-7/h5H,1-4,10H2,(H,11,12). The third-order valence-electron chi connectivity index (χ3n) is 2.14. The topological polar surface area (TPSA) is 55.1 Å². The smallest absolute Gasteiger partial charge is 0.255 e. The number of halogens is 2. The Kier molecular flexibility index (Phi) is 2.62. The van der Waals surface area contributed by atoms with E-state index >= 15 is 0 Å². The van der Waals surface area contributed by atoms with Crippen LogP contribution in [-0.2, 0) is 4.79 Å². The Balaban J connectivity index is 2.29. The number of nitrogens with one attached hydrogen (secondary N) is 1. The Morgan fingerprint density at radius 3 is 2.50 bits per heavy atom. The van der Waals surface area contributed by atoms with Gasteiger partial charge in [0, 0.05) is 6.54 Å². The molecule has 3 N–H and O–H groups in total. The van der Waals surface area contributed by atoms with Gasteiger partial charge in [-0.3, -0.25) is 4.79 Å². The van der Waals surface area contributed by atoms with E-state index in [1.54, 1.807) is 0 Å². The predicted octanol–water partition coefficient (Wildman–Crippen LogP) is 0.107. The van der Waals surface area contributed by atoms with Crippen LogP contribution < -0.4 is 11.1 Å². The maximum atomic E-state index is 11.7. The quantitative estimate of drug-likeness (QED) is 0.641. The Labute approximate surface area is 69.3 Å². The predicted molar refractivity (Wildman–Crippen MR) is 39.7 cm³/mol. The van der Waals surface area contributed by atoms with E-state index in [2.05, 4.69) is 5.32 Å². The van der Waals surface area contributed by atoms with Crippen molar-refractivity contribution in [2.45, 2.75) is 19.3 Å². The highest BCUT2D eigenvalue weighted by Crippen LogP contribution is 2.44. The summed E-state index contributed by atoms with van der Waals surface area (Å²) in [5.41, 5.74) is 4.81. The number of carbonyl (C=O) groups excluding carboxylic acids is 1. The summed E-state index contributed by atoms with van der Waals surface area (Å²) in [7, 11) is 0. The second-order valence-electron chi connectivity index (χ2n) is 3.09. The maximum Gasteiger partial charge on any atom is 0.255 e. The fourth-order valence-electron chi connectivity index (χ4n) is 1.03. The van der Waals surface area contributed by atoms with Crippen LogP contribution in [0.1, 0.15) is 12.8 Å². The minimum Gasteiger partial charge on any atom is -0.350 e. The van der Waals surface area contributed by atoms with Gasteiger partial charge in [0.2, 0.25) is 5.91 Å². The first kappa shape index (κ1) is 9.38. The maximum absolute atomic E-state index is 11.7. The van der Waals surface area contributed by atoms with Gasteiger partial charge < -0.3 is 11.1 Å². The molecule has 0 spiro atoms. The van der Waals surface area contributed by atoms with Crippen LogP contribution >= 0.6 is 0 Å². The normalized spacial score (nSPS) is 19.3.